The summed E-state index contributed by atoms with van der Waals surface area (Å²) >= 11 is 0. The Morgan fingerprint density at radius 2 is 1.86 bits per heavy atom. The van der Waals surface area contributed by atoms with Crippen LogP contribution in [0.2, 0.25) is 0 Å². The van der Waals surface area contributed by atoms with Crippen molar-refractivity contribution in [2.75, 3.05) is 36.0 Å². The summed E-state index contributed by atoms with van der Waals surface area (Å²) < 4.78 is 47.1. The molecule has 4 rings (SSSR count). The second kappa shape index (κ2) is 10.1. The van der Waals surface area contributed by atoms with Gasteiger partial charge in [-0.1, -0.05) is 6.07 Å². The predicted molar refractivity (Wildman–Crippen MR) is 123 cm³/mol. The third-order valence-electron chi connectivity index (χ3n) is 6.08. The number of piperidine rings is 1. The van der Waals surface area contributed by atoms with E-state index in [1.807, 2.05) is 4.90 Å². The number of carbonyl (C=O) groups excluding carboxylic acids is 2. The van der Waals surface area contributed by atoms with Crippen LogP contribution in [0.5, 0.6) is 0 Å². The van der Waals surface area contributed by atoms with E-state index in [2.05, 4.69) is 11.4 Å². The third-order valence-corrected chi connectivity index (χ3v) is 6.08. The van der Waals surface area contributed by atoms with E-state index in [4.69, 9.17) is 4.74 Å². The highest BCUT2D eigenvalue weighted by Gasteiger charge is 2.33. The summed E-state index contributed by atoms with van der Waals surface area (Å²) in [6, 6.07) is 9.96. The van der Waals surface area contributed by atoms with E-state index in [-0.39, 0.29) is 19.0 Å². The van der Waals surface area contributed by atoms with Crippen molar-refractivity contribution < 1.29 is 27.5 Å². The molecule has 0 spiro atoms. The van der Waals surface area contributed by atoms with Crippen LogP contribution < -0.4 is 15.1 Å². The van der Waals surface area contributed by atoms with Crippen molar-refractivity contribution in [1.29, 1.82) is 5.26 Å². The summed E-state index contributed by atoms with van der Waals surface area (Å²) in [5, 5.41) is 12.2. The van der Waals surface area contributed by atoms with Crippen LogP contribution in [0.25, 0.3) is 5.57 Å². The molecule has 1 N–H and O–H groups in total. The van der Waals surface area contributed by atoms with E-state index in [9.17, 15) is 23.6 Å². The number of hydrogen-bond donors (Lipinski definition) is 1. The van der Waals surface area contributed by atoms with Crippen molar-refractivity contribution in [3.8, 4) is 6.07 Å². The molecular weight excluding hydrogens is 461 g/mol. The van der Waals surface area contributed by atoms with Gasteiger partial charge in [-0.05, 0) is 54.3 Å². The van der Waals surface area contributed by atoms with Crippen molar-refractivity contribution in [2.45, 2.75) is 25.9 Å². The number of ether oxygens (including phenoxy) is 1. The highest BCUT2D eigenvalue weighted by atomic mass is 19.2. The first kappa shape index (κ1) is 24.1. The number of cyclic esters (lactones) is 1. The van der Waals surface area contributed by atoms with Gasteiger partial charge in [-0.3, -0.25) is 9.69 Å². The number of nitrogens with one attached hydrogen (secondary N) is 1. The number of rotatable bonds is 5. The maximum atomic E-state index is 15.0. The normalized spacial score (nSPS) is 17.7. The van der Waals surface area contributed by atoms with Crippen molar-refractivity contribution in [2.24, 2.45) is 0 Å². The Bertz CT molecular complexity index is 1230. The average Bonchev–Trinajstić information content (AvgIpc) is 3.21. The molecule has 182 valence electrons. The zero-order chi connectivity index (χ0) is 25.1. The van der Waals surface area contributed by atoms with Crippen molar-refractivity contribution in [3.05, 3.63) is 65.0 Å². The molecule has 2 aromatic rings. The van der Waals surface area contributed by atoms with Gasteiger partial charge in [0.15, 0.2) is 11.6 Å². The van der Waals surface area contributed by atoms with E-state index < -0.39 is 29.6 Å². The number of benzene rings is 2. The van der Waals surface area contributed by atoms with Gasteiger partial charge >= 0.3 is 6.09 Å². The summed E-state index contributed by atoms with van der Waals surface area (Å²) in [5.41, 5.74) is 2.14. The van der Waals surface area contributed by atoms with E-state index >= 15 is 4.39 Å². The van der Waals surface area contributed by atoms with E-state index in [1.54, 1.807) is 12.1 Å². The summed E-state index contributed by atoms with van der Waals surface area (Å²) in [5.74, 6) is -2.73. The summed E-state index contributed by atoms with van der Waals surface area (Å²) in [4.78, 5) is 26.4. The zero-order valence-corrected chi connectivity index (χ0v) is 19.0. The summed E-state index contributed by atoms with van der Waals surface area (Å²) in [6.45, 7) is 2.61. The molecule has 0 saturated carbocycles. The fourth-order valence-corrected chi connectivity index (χ4v) is 4.28. The largest absolute Gasteiger partial charge is 0.442 e. The molecule has 7 nitrogen and oxygen atoms in total. The van der Waals surface area contributed by atoms with Crippen LogP contribution in [-0.4, -0.2) is 44.3 Å². The molecule has 2 fully saturated rings. The fourth-order valence-electron chi connectivity index (χ4n) is 4.28. The molecule has 0 aromatic heterocycles. The number of allylic oxidation sites excluding steroid dienone is 1. The minimum atomic E-state index is -1.02. The summed E-state index contributed by atoms with van der Waals surface area (Å²) in [6.07, 6.45) is -0.203. The SMILES string of the molecule is CC(=O)NC[C@H]1CN(c2ccc(N3CCC(=C(C#N)c4ccc(F)c(F)c4)CC3)c(F)c2)C(=O)O1. The Balaban J connectivity index is 1.44. The van der Waals surface area contributed by atoms with E-state index in [1.165, 1.54) is 24.0 Å². The molecule has 10 heteroatoms. The van der Waals surface area contributed by atoms with Gasteiger partial charge in [0.25, 0.3) is 0 Å². The van der Waals surface area contributed by atoms with Crippen molar-refractivity contribution in [1.82, 2.24) is 5.32 Å². The minimum Gasteiger partial charge on any atom is -0.442 e. The number of carbonyl (C=O) groups is 2. The van der Waals surface area contributed by atoms with Crippen LogP contribution in [0, 0.1) is 28.8 Å². The minimum absolute atomic E-state index is 0.178. The molecule has 2 saturated heterocycles. The molecule has 0 aliphatic carbocycles. The topological polar surface area (TPSA) is 85.7 Å². The lowest BCUT2D eigenvalue weighted by molar-refractivity contribution is -0.119. The number of halogens is 3. The molecule has 0 unspecified atom stereocenters. The molecule has 2 heterocycles. The lowest BCUT2D eigenvalue weighted by Crippen LogP contribution is -2.33. The highest BCUT2D eigenvalue weighted by Crippen LogP contribution is 2.32. The monoisotopic (exact) mass is 484 g/mol. The second-order valence-electron chi connectivity index (χ2n) is 8.40. The molecule has 35 heavy (non-hydrogen) atoms. The van der Waals surface area contributed by atoms with Gasteiger partial charge < -0.3 is 15.0 Å². The first-order chi connectivity index (χ1) is 16.8. The van der Waals surface area contributed by atoms with Gasteiger partial charge in [0.05, 0.1) is 36.1 Å². The highest BCUT2D eigenvalue weighted by molar-refractivity contribution is 5.90. The Kier molecular flexibility index (Phi) is 6.96. The first-order valence-electron chi connectivity index (χ1n) is 11.1. The second-order valence-corrected chi connectivity index (χ2v) is 8.40. The van der Waals surface area contributed by atoms with Crippen molar-refractivity contribution in [3.63, 3.8) is 0 Å². The Morgan fingerprint density at radius 3 is 2.49 bits per heavy atom. The summed E-state index contributed by atoms with van der Waals surface area (Å²) in [7, 11) is 0. The lowest BCUT2D eigenvalue weighted by atomic mass is 9.93. The lowest BCUT2D eigenvalue weighted by Gasteiger charge is -2.31. The van der Waals surface area contributed by atoms with Crippen LogP contribution in [0.15, 0.2) is 42.0 Å². The van der Waals surface area contributed by atoms with Gasteiger partial charge in [0.1, 0.15) is 11.9 Å². The standard InChI is InChI=1S/C25H23F3N4O3/c1-15(33)30-13-19-14-32(25(34)35-19)18-3-5-24(23(28)11-18)31-8-6-16(7-9-31)20(12-29)17-2-4-21(26)22(27)10-17/h2-5,10-11,19H,6-9,13-14H2,1H3,(H,30,33)/t19-/m0/s1. The van der Waals surface area contributed by atoms with Crippen LogP contribution >= 0.6 is 0 Å². The fraction of sp³-hybridized carbons (Fsp3) is 0.320. The Morgan fingerprint density at radius 1 is 1.11 bits per heavy atom. The third kappa shape index (κ3) is 5.24. The zero-order valence-electron chi connectivity index (χ0n) is 19.0. The van der Waals surface area contributed by atoms with Gasteiger partial charge in [0, 0.05) is 20.0 Å². The van der Waals surface area contributed by atoms with E-state index in [0.717, 1.165) is 17.7 Å². The Hall–Kier alpha value is -4.00. The molecule has 0 bridgehead atoms. The quantitative estimate of drug-likeness (QED) is 0.645. The van der Waals surface area contributed by atoms with Crippen LogP contribution in [0.3, 0.4) is 0 Å². The predicted octanol–water partition coefficient (Wildman–Crippen LogP) is 4.14. The van der Waals surface area contributed by atoms with Gasteiger partial charge in [-0.2, -0.15) is 5.26 Å². The molecule has 2 aliphatic rings. The van der Waals surface area contributed by atoms with Crippen LogP contribution in [0.4, 0.5) is 29.3 Å². The van der Waals surface area contributed by atoms with Crippen molar-refractivity contribution >= 4 is 28.9 Å². The smallest absolute Gasteiger partial charge is 0.414 e. The van der Waals surface area contributed by atoms with Crippen LogP contribution in [-0.2, 0) is 9.53 Å². The van der Waals surface area contributed by atoms with Gasteiger partial charge in [-0.15, -0.1) is 0 Å². The molecule has 0 radical (unpaired) electrons. The average molecular weight is 484 g/mol. The van der Waals surface area contributed by atoms with Gasteiger partial charge in [-0.25, -0.2) is 18.0 Å². The number of hydrogen-bond acceptors (Lipinski definition) is 5. The number of amides is 2. The number of nitrogens with zero attached hydrogens (tertiary/aromatic N) is 3. The number of nitriles is 1. The van der Waals surface area contributed by atoms with E-state index in [0.29, 0.717) is 48.4 Å². The maximum absolute atomic E-state index is 15.0. The molecule has 2 amide bonds. The van der Waals surface area contributed by atoms with Gasteiger partial charge in [0.2, 0.25) is 5.91 Å². The number of anilines is 2. The van der Waals surface area contributed by atoms with Crippen LogP contribution in [0.1, 0.15) is 25.3 Å². The maximum Gasteiger partial charge on any atom is 0.414 e. The molecule has 2 aromatic carbocycles. The molecular formula is C25H23F3N4O3. The molecule has 1 atom stereocenters. The first-order valence-corrected chi connectivity index (χ1v) is 11.1. The molecule has 2 aliphatic heterocycles. The Labute approximate surface area is 200 Å².